The van der Waals surface area contributed by atoms with Crippen LogP contribution in [0, 0.1) is 23.5 Å². The van der Waals surface area contributed by atoms with E-state index in [0.29, 0.717) is 18.4 Å². The molecule has 1 atom stereocenters. The molecule has 0 heterocycles. The molecule has 1 unspecified atom stereocenters. The van der Waals surface area contributed by atoms with Crippen LogP contribution < -0.4 is 11.3 Å². The van der Waals surface area contributed by atoms with E-state index in [1.807, 2.05) is 0 Å². The van der Waals surface area contributed by atoms with Crippen molar-refractivity contribution in [3.05, 3.63) is 35.4 Å². The van der Waals surface area contributed by atoms with Crippen LogP contribution in [0.25, 0.3) is 0 Å². The SMILES string of the molecule is CC#CCCC(Cc1cc(F)cc(F)c1)NN. The quantitative estimate of drug-likeness (QED) is 0.468. The summed E-state index contributed by atoms with van der Waals surface area (Å²) in [6, 6.07) is 3.46. The third kappa shape index (κ3) is 4.94. The zero-order valence-electron chi connectivity index (χ0n) is 9.76. The summed E-state index contributed by atoms with van der Waals surface area (Å²) in [5, 5.41) is 0. The number of halogens is 2. The molecule has 1 rings (SSSR count). The van der Waals surface area contributed by atoms with E-state index in [0.717, 1.165) is 12.5 Å². The molecule has 0 bridgehead atoms. The van der Waals surface area contributed by atoms with Crippen molar-refractivity contribution >= 4 is 0 Å². The number of benzene rings is 1. The molecule has 2 nitrogen and oxygen atoms in total. The summed E-state index contributed by atoms with van der Waals surface area (Å²) < 4.78 is 25.9. The van der Waals surface area contributed by atoms with Gasteiger partial charge in [0.05, 0.1) is 0 Å². The van der Waals surface area contributed by atoms with E-state index in [4.69, 9.17) is 5.84 Å². The van der Waals surface area contributed by atoms with Crippen molar-refractivity contribution in [3.63, 3.8) is 0 Å². The monoisotopic (exact) mass is 238 g/mol. The second kappa shape index (κ2) is 7.00. The van der Waals surface area contributed by atoms with Crippen LogP contribution in [0.4, 0.5) is 8.78 Å². The molecule has 0 radical (unpaired) electrons. The van der Waals surface area contributed by atoms with Crippen molar-refractivity contribution in [3.8, 4) is 11.8 Å². The van der Waals surface area contributed by atoms with Crippen LogP contribution in [0.5, 0.6) is 0 Å². The second-order valence-electron chi connectivity index (χ2n) is 3.81. The van der Waals surface area contributed by atoms with E-state index in [9.17, 15) is 8.78 Å². The summed E-state index contributed by atoms with van der Waals surface area (Å²) in [4.78, 5) is 0. The third-order valence-electron chi connectivity index (χ3n) is 2.43. The summed E-state index contributed by atoms with van der Waals surface area (Å²) >= 11 is 0. The van der Waals surface area contributed by atoms with Gasteiger partial charge in [0.15, 0.2) is 0 Å². The molecule has 0 saturated heterocycles. The summed E-state index contributed by atoms with van der Waals surface area (Å²) in [6.07, 6.45) is 1.94. The van der Waals surface area contributed by atoms with Gasteiger partial charge in [-0.2, -0.15) is 0 Å². The van der Waals surface area contributed by atoms with Gasteiger partial charge < -0.3 is 0 Å². The highest BCUT2D eigenvalue weighted by Crippen LogP contribution is 2.11. The van der Waals surface area contributed by atoms with Gasteiger partial charge in [0.25, 0.3) is 0 Å². The topological polar surface area (TPSA) is 38.0 Å². The van der Waals surface area contributed by atoms with Crippen molar-refractivity contribution in [2.45, 2.75) is 32.2 Å². The van der Waals surface area contributed by atoms with Crippen LogP contribution >= 0.6 is 0 Å². The fourth-order valence-electron chi connectivity index (χ4n) is 1.63. The first kappa shape index (κ1) is 13.6. The average molecular weight is 238 g/mol. The lowest BCUT2D eigenvalue weighted by Crippen LogP contribution is -2.36. The Hall–Kier alpha value is -1.44. The first-order valence-corrected chi connectivity index (χ1v) is 5.46. The predicted octanol–water partition coefficient (Wildman–Crippen LogP) is 2.14. The molecule has 0 amide bonds. The largest absolute Gasteiger partial charge is 0.271 e. The molecule has 3 N–H and O–H groups in total. The minimum Gasteiger partial charge on any atom is -0.271 e. The molecule has 17 heavy (non-hydrogen) atoms. The average Bonchev–Trinajstić information content (AvgIpc) is 2.26. The molecule has 0 aliphatic rings. The van der Waals surface area contributed by atoms with Gasteiger partial charge in [-0.25, -0.2) is 8.78 Å². The summed E-state index contributed by atoms with van der Waals surface area (Å²) in [7, 11) is 0. The Morgan fingerprint density at radius 2 is 1.94 bits per heavy atom. The Morgan fingerprint density at radius 3 is 2.47 bits per heavy atom. The normalized spacial score (nSPS) is 11.8. The zero-order valence-corrected chi connectivity index (χ0v) is 9.76. The van der Waals surface area contributed by atoms with Crippen molar-refractivity contribution in [1.82, 2.24) is 5.43 Å². The number of nitrogens with two attached hydrogens (primary N) is 1. The van der Waals surface area contributed by atoms with Gasteiger partial charge in [-0.15, -0.1) is 11.8 Å². The zero-order chi connectivity index (χ0) is 12.7. The lowest BCUT2D eigenvalue weighted by atomic mass is 10.0. The maximum atomic E-state index is 13.0. The standard InChI is InChI=1S/C13H16F2N2/c1-2-3-4-5-13(17-16)8-10-6-11(14)9-12(15)7-10/h6-7,9,13,17H,4-5,8,16H2,1H3. The van der Waals surface area contributed by atoms with Crippen LogP contribution in [-0.4, -0.2) is 6.04 Å². The minimum atomic E-state index is -0.566. The van der Waals surface area contributed by atoms with Gasteiger partial charge in [0.1, 0.15) is 11.6 Å². The van der Waals surface area contributed by atoms with E-state index < -0.39 is 11.6 Å². The molecule has 0 spiro atoms. The molecule has 0 saturated carbocycles. The molecule has 92 valence electrons. The molecule has 0 fully saturated rings. The van der Waals surface area contributed by atoms with Crippen LogP contribution in [-0.2, 0) is 6.42 Å². The van der Waals surface area contributed by atoms with Gasteiger partial charge in [-0.3, -0.25) is 11.3 Å². The number of rotatable bonds is 5. The molecule has 1 aromatic carbocycles. The molecular formula is C13H16F2N2. The summed E-state index contributed by atoms with van der Waals surface area (Å²) in [6.45, 7) is 1.77. The first-order chi connectivity index (χ1) is 8.15. The molecule has 0 aliphatic heterocycles. The van der Waals surface area contributed by atoms with Crippen molar-refractivity contribution in [1.29, 1.82) is 0 Å². The van der Waals surface area contributed by atoms with E-state index in [1.54, 1.807) is 6.92 Å². The van der Waals surface area contributed by atoms with E-state index in [2.05, 4.69) is 17.3 Å². The lowest BCUT2D eigenvalue weighted by Gasteiger charge is -2.14. The van der Waals surface area contributed by atoms with Crippen molar-refractivity contribution in [2.75, 3.05) is 0 Å². The maximum Gasteiger partial charge on any atom is 0.126 e. The van der Waals surface area contributed by atoms with E-state index >= 15 is 0 Å². The van der Waals surface area contributed by atoms with E-state index in [1.165, 1.54) is 12.1 Å². The number of nitrogens with one attached hydrogen (secondary N) is 1. The Balaban J connectivity index is 2.62. The van der Waals surface area contributed by atoms with Gasteiger partial charge >= 0.3 is 0 Å². The second-order valence-corrected chi connectivity index (χ2v) is 3.81. The highest BCUT2D eigenvalue weighted by molar-refractivity contribution is 5.19. The van der Waals surface area contributed by atoms with Crippen molar-refractivity contribution < 1.29 is 8.78 Å². The number of hydrogen-bond acceptors (Lipinski definition) is 2. The maximum absolute atomic E-state index is 13.0. The number of hydrazine groups is 1. The fraction of sp³-hybridized carbons (Fsp3) is 0.385. The Kier molecular flexibility index (Phi) is 5.61. The fourth-order valence-corrected chi connectivity index (χ4v) is 1.63. The van der Waals surface area contributed by atoms with Gasteiger partial charge in [-0.1, -0.05) is 0 Å². The van der Waals surface area contributed by atoms with Crippen LogP contribution in [0.3, 0.4) is 0 Å². The first-order valence-electron chi connectivity index (χ1n) is 5.46. The van der Waals surface area contributed by atoms with Crippen LogP contribution in [0.2, 0.25) is 0 Å². The van der Waals surface area contributed by atoms with Crippen LogP contribution in [0.1, 0.15) is 25.3 Å². The molecule has 0 aliphatic carbocycles. The third-order valence-corrected chi connectivity index (χ3v) is 2.43. The summed E-state index contributed by atoms with van der Waals surface area (Å²) in [5.74, 6) is 9.98. The van der Waals surface area contributed by atoms with E-state index in [-0.39, 0.29) is 6.04 Å². The van der Waals surface area contributed by atoms with Gasteiger partial charge in [0, 0.05) is 18.5 Å². The predicted molar refractivity (Wildman–Crippen MR) is 63.9 cm³/mol. The smallest absolute Gasteiger partial charge is 0.126 e. The Bertz CT molecular complexity index is 401. The Morgan fingerprint density at radius 1 is 1.29 bits per heavy atom. The molecular weight excluding hydrogens is 222 g/mol. The van der Waals surface area contributed by atoms with Gasteiger partial charge in [-0.05, 0) is 37.5 Å². The lowest BCUT2D eigenvalue weighted by molar-refractivity contribution is 0.493. The summed E-state index contributed by atoms with van der Waals surface area (Å²) in [5.41, 5.74) is 3.23. The number of hydrogen-bond donors (Lipinski definition) is 2. The van der Waals surface area contributed by atoms with Crippen molar-refractivity contribution in [2.24, 2.45) is 5.84 Å². The highest BCUT2D eigenvalue weighted by Gasteiger charge is 2.09. The van der Waals surface area contributed by atoms with Gasteiger partial charge in [0.2, 0.25) is 0 Å². The molecule has 0 aromatic heterocycles. The molecule has 4 heteroatoms. The highest BCUT2D eigenvalue weighted by atomic mass is 19.1. The Labute approximate surface area is 100 Å². The molecule has 1 aromatic rings. The minimum absolute atomic E-state index is 0.0305. The van der Waals surface area contributed by atoms with Crippen LogP contribution in [0.15, 0.2) is 18.2 Å².